The molecule has 1 amide bonds. The number of hydrogen-bond donors (Lipinski definition) is 1. The number of anilines is 1. The molecule has 4 rings (SSSR count). The van der Waals surface area contributed by atoms with Crippen molar-refractivity contribution < 1.29 is 13.9 Å². The van der Waals surface area contributed by atoms with Crippen LogP contribution in [0.5, 0.6) is 5.75 Å². The highest BCUT2D eigenvalue weighted by molar-refractivity contribution is 5.96. The van der Waals surface area contributed by atoms with Gasteiger partial charge < -0.3 is 14.5 Å². The highest BCUT2D eigenvalue weighted by Crippen LogP contribution is 2.30. The molecule has 1 N–H and O–H groups in total. The summed E-state index contributed by atoms with van der Waals surface area (Å²) in [6, 6.07) is 19.2. The highest BCUT2D eigenvalue weighted by atomic mass is 16.5. The minimum Gasteiger partial charge on any atom is -0.484 e. The Balaban J connectivity index is 1.52. The zero-order valence-corrected chi connectivity index (χ0v) is 16.7. The van der Waals surface area contributed by atoms with Gasteiger partial charge in [0.25, 0.3) is 5.91 Å². The molecule has 0 radical (unpaired) electrons. The van der Waals surface area contributed by atoms with E-state index in [4.69, 9.17) is 9.15 Å². The molecule has 1 aromatic heterocycles. The molecule has 0 saturated heterocycles. The Kier molecular flexibility index (Phi) is 5.04. The number of benzene rings is 3. The van der Waals surface area contributed by atoms with Crippen molar-refractivity contribution in [2.24, 2.45) is 0 Å². The van der Waals surface area contributed by atoms with Crippen LogP contribution in [-0.2, 0) is 4.79 Å². The van der Waals surface area contributed by atoms with Gasteiger partial charge in [0.1, 0.15) is 11.3 Å². The number of rotatable bonds is 5. The maximum atomic E-state index is 12.5. The summed E-state index contributed by atoms with van der Waals surface area (Å²) in [6.07, 6.45) is 0. The number of hydrogen-bond acceptors (Lipinski definition) is 4. The van der Waals surface area contributed by atoms with Crippen LogP contribution in [0.25, 0.3) is 22.6 Å². The minimum absolute atomic E-state index is 0.0794. The van der Waals surface area contributed by atoms with Crippen LogP contribution in [0.2, 0.25) is 0 Å². The van der Waals surface area contributed by atoms with E-state index in [1.54, 1.807) is 0 Å². The summed E-state index contributed by atoms with van der Waals surface area (Å²) >= 11 is 0. The quantitative estimate of drug-likeness (QED) is 0.496. The van der Waals surface area contributed by atoms with Gasteiger partial charge in [0.05, 0.1) is 11.3 Å². The Morgan fingerprint density at radius 3 is 2.52 bits per heavy atom. The van der Waals surface area contributed by atoms with E-state index in [9.17, 15) is 4.79 Å². The van der Waals surface area contributed by atoms with E-state index in [0.717, 1.165) is 27.8 Å². The number of carbonyl (C=O) groups is 1. The number of nitrogens with one attached hydrogen (secondary N) is 1. The third-order valence-corrected chi connectivity index (χ3v) is 4.54. The molecule has 1 heterocycles. The lowest BCUT2D eigenvalue weighted by molar-refractivity contribution is -0.118. The zero-order valence-electron chi connectivity index (χ0n) is 16.7. The molecular formula is C24H22N2O3. The molecule has 0 atom stereocenters. The van der Waals surface area contributed by atoms with Gasteiger partial charge in [-0.05, 0) is 73.9 Å². The summed E-state index contributed by atoms with van der Waals surface area (Å²) in [7, 11) is 0. The van der Waals surface area contributed by atoms with Crippen molar-refractivity contribution in [1.82, 2.24) is 4.98 Å². The first-order chi connectivity index (χ1) is 14.0. The second kappa shape index (κ2) is 7.80. The molecule has 0 spiro atoms. The van der Waals surface area contributed by atoms with Crippen LogP contribution in [0, 0.1) is 20.8 Å². The van der Waals surface area contributed by atoms with Gasteiger partial charge in [-0.1, -0.05) is 24.3 Å². The Morgan fingerprint density at radius 2 is 1.72 bits per heavy atom. The lowest BCUT2D eigenvalue weighted by atomic mass is 10.1. The van der Waals surface area contributed by atoms with Crippen molar-refractivity contribution in [2.75, 3.05) is 11.9 Å². The van der Waals surface area contributed by atoms with Crippen LogP contribution in [0.15, 0.2) is 65.1 Å². The monoisotopic (exact) mass is 386 g/mol. The van der Waals surface area contributed by atoms with E-state index in [1.807, 2.05) is 75.4 Å². The van der Waals surface area contributed by atoms with Gasteiger partial charge in [-0.15, -0.1) is 0 Å². The van der Waals surface area contributed by atoms with Crippen LogP contribution in [0.3, 0.4) is 0 Å². The molecule has 4 aromatic rings. The van der Waals surface area contributed by atoms with E-state index in [0.29, 0.717) is 22.9 Å². The molecule has 0 aliphatic carbocycles. The fourth-order valence-electron chi connectivity index (χ4n) is 3.28. The molecule has 0 unspecified atom stereocenters. The fourth-order valence-corrected chi connectivity index (χ4v) is 3.28. The first-order valence-electron chi connectivity index (χ1n) is 9.45. The highest BCUT2D eigenvalue weighted by Gasteiger charge is 2.14. The van der Waals surface area contributed by atoms with Crippen molar-refractivity contribution in [3.05, 3.63) is 77.4 Å². The van der Waals surface area contributed by atoms with Crippen molar-refractivity contribution >= 4 is 22.7 Å². The predicted octanol–water partition coefficient (Wildman–Crippen LogP) is 5.44. The van der Waals surface area contributed by atoms with E-state index in [1.165, 1.54) is 0 Å². The van der Waals surface area contributed by atoms with Crippen molar-refractivity contribution in [3.8, 4) is 17.2 Å². The number of aromatic nitrogens is 1. The van der Waals surface area contributed by atoms with Crippen LogP contribution < -0.4 is 10.1 Å². The average Bonchev–Trinajstić information content (AvgIpc) is 3.09. The number of amides is 1. The topological polar surface area (TPSA) is 64.4 Å². The van der Waals surface area contributed by atoms with Gasteiger partial charge in [0, 0.05) is 0 Å². The van der Waals surface area contributed by atoms with E-state index < -0.39 is 0 Å². The number of aryl methyl sites for hydroxylation is 3. The lowest BCUT2D eigenvalue weighted by Crippen LogP contribution is -2.20. The fraction of sp³-hybridized carbons (Fsp3) is 0.167. The largest absolute Gasteiger partial charge is 0.484 e. The number of carbonyl (C=O) groups excluding carboxylic acids is 1. The Morgan fingerprint density at radius 1 is 0.966 bits per heavy atom. The smallest absolute Gasteiger partial charge is 0.262 e. The minimum atomic E-state index is -0.247. The molecule has 0 saturated carbocycles. The average molecular weight is 386 g/mol. The number of nitrogens with zero attached hydrogens (tertiary/aromatic N) is 1. The van der Waals surface area contributed by atoms with E-state index in [-0.39, 0.29) is 12.5 Å². The standard InChI is InChI=1S/C24H22N2O3/c1-15-8-9-22-21(13-15)26-24(29-22)19-6-4-5-7-20(19)25-23(27)14-28-18-11-16(2)10-17(3)12-18/h4-13H,14H2,1-3H3,(H,25,27). The summed E-state index contributed by atoms with van der Waals surface area (Å²) in [4.78, 5) is 17.0. The maximum Gasteiger partial charge on any atom is 0.262 e. The summed E-state index contributed by atoms with van der Waals surface area (Å²) < 4.78 is 11.6. The number of ether oxygens (including phenoxy) is 1. The normalized spacial score (nSPS) is 10.9. The molecule has 146 valence electrons. The Bertz CT molecular complexity index is 1170. The van der Waals surface area contributed by atoms with Gasteiger partial charge in [-0.25, -0.2) is 4.98 Å². The number of fused-ring (bicyclic) bond motifs is 1. The van der Waals surface area contributed by atoms with Crippen LogP contribution in [0.4, 0.5) is 5.69 Å². The van der Waals surface area contributed by atoms with Crippen molar-refractivity contribution in [1.29, 1.82) is 0 Å². The van der Waals surface area contributed by atoms with Crippen molar-refractivity contribution in [2.45, 2.75) is 20.8 Å². The van der Waals surface area contributed by atoms with Gasteiger partial charge in [-0.2, -0.15) is 0 Å². The Hall–Kier alpha value is -3.60. The molecule has 0 bridgehead atoms. The summed E-state index contributed by atoms with van der Waals surface area (Å²) in [5, 5.41) is 2.90. The zero-order chi connectivity index (χ0) is 20.4. The first-order valence-corrected chi connectivity index (χ1v) is 9.45. The third-order valence-electron chi connectivity index (χ3n) is 4.54. The molecule has 0 fully saturated rings. The first kappa shape index (κ1) is 18.7. The molecule has 5 nitrogen and oxygen atoms in total. The number of para-hydroxylation sites is 1. The van der Waals surface area contributed by atoms with Gasteiger partial charge in [0.2, 0.25) is 5.89 Å². The van der Waals surface area contributed by atoms with E-state index in [2.05, 4.69) is 16.4 Å². The second-order valence-corrected chi connectivity index (χ2v) is 7.20. The summed E-state index contributed by atoms with van der Waals surface area (Å²) in [6.45, 7) is 5.93. The predicted molar refractivity (Wildman–Crippen MR) is 114 cm³/mol. The molecule has 0 aliphatic heterocycles. The number of oxazole rings is 1. The molecule has 29 heavy (non-hydrogen) atoms. The lowest BCUT2D eigenvalue weighted by Gasteiger charge is -2.11. The van der Waals surface area contributed by atoms with Crippen LogP contribution in [0.1, 0.15) is 16.7 Å². The SMILES string of the molecule is Cc1cc(C)cc(OCC(=O)Nc2ccccc2-c2nc3cc(C)ccc3o2)c1. The maximum absolute atomic E-state index is 12.5. The van der Waals surface area contributed by atoms with Gasteiger partial charge >= 0.3 is 0 Å². The third kappa shape index (κ3) is 4.29. The van der Waals surface area contributed by atoms with Crippen LogP contribution >= 0.6 is 0 Å². The molecule has 0 aliphatic rings. The molecule has 3 aromatic carbocycles. The second-order valence-electron chi connectivity index (χ2n) is 7.20. The molecule has 5 heteroatoms. The summed E-state index contributed by atoms with van der Waals surface area (Å²) in [5.74, 6) is 0.903. The van der Waals surface area contributed by atoms with Crippen LogP contribution in [-0.4, -0.2) is 17.5 Å². The van der Waals surface area contributed by atoms with Crippen molar-refractivity contribution in [3.63, 3.8) is 0 Å². The van der Waals surface area contributed by atoms with Gasteiger partial charge in [-0.3, -0.25) is 4.79 Å². The summed E-state index contributed by atoms with van der Waals surface area (Å²) in [5.41, 5.74) is 6.16. The van der Waals surface area contributed by atoms with Gasteiger partial charge in [0.15, 0.2) is 12.2 Å². The van der Waals surface area contributed by atoms with E-state index >= 15 is 0 Å². The Labute approximate surface area is 169 Å². The molecular weight excluding hydrogens is 364 g/mol.